The molecule has 0 radical (unpaired) electrons. The topological polar surface area (TPSA) is 122 Å². The second-order valence-corrected chi connectivity index (χ2v) is 10.2. The Balaban J connectivity index is 0.000000587. The van der Waals surface area contributed by atoms with Crippen LogP contribution in [0.15, 0.2) is 48.5 Å². The van der Waals surface area contributed by atoms with Crippen molar-refractivity contribution in [1.82, 2.24) is 10.2 Å². The molecule has 2 aromatic rings. The molecule has 41 heavy (non-hydrogen) atoms. The molecule has 4 rings (SSSR count). The lowest BCUT2D eigenvalue weighted by Gasteiger charge is -2.33. The van der Waals surface area contributed by atoms with E-state index in [2.05, 4.69) is 5.32 Å². The fourth-order valence-corrected chi connectivity index (χ4v) is 5.70. The van der Waals surface area contributed by atoms with Gasteiger partial charge in [0.1, 0.15) is 11.3 Å². The minimum atomic E-state index is -5.08. The molecule has 4 atom stereocenters. The Kier molecular flexibility index (Phi) is 9.47. The molecular formula is C29H33F3N2O7. The van der Waals surface area contributed by atoms with Crippen LogP contribution in [0.25, 0.3) is 11.1 Å². The molecule has 2 saturated heterocycles. The number of methoxy groups -OCH3 is 2. The molecular weight excluding hydrogens is 545 g/mol. The Morgan fingerprint density at radius 2 is 1.68 bits per heavy atom. The van der Waals surface area contributed by atoms with Gasteiger partial charge in [0.2, 0.25) is 11.8 Å². The highest BCUT2D eigenvalue weighted by Gasteiger charge is 2.68. The normalized spacial score (nSPS) is 23.6. The van der Waals surface area contributed by atoms with Crippen LogP contribution in [0, 0.1) is 17.8 Å². The number of fused-ring (bicyclic) bond motifs is 1. The summed E-state index contributed by atoms with van der Waals surface area (Å²) in [5.74, 6) is -4.59. The summed E-state index contributed by atoms with van der Waals surface area (Å²) >= 11 is 0. The summed E-state index contributed by atoms with van der Waals surface area (Å²) < 4.78 is 42.6. The number of aliphatic carboxylic acids is 1. The summed E-state index contributed by atoms with van der Waals surface area (Å²) in [5.41, 5.74) is 1.45. The summed E-state index contributed by atoms with van der Waals surface area (Å²) in [5, 5.41) is 10.5. The first-order valence-corrected chi connectivity index (χ1v) is 13.0. The number of alkyl halides is 3. The Hall–Kier alpha value is -3.93. The van der Waals surface area contributed by atoms with Crippen molar-refractivity contribution >= 4 is 23.8 Å². The maximum atomic E-state index is 13.4. The van der Waals surface area contributed by atoms with Crippen molar-refractivity contribution in [3.63, 3.8) is 0 Å². The highest BCUT2D eigenvalue weighted by atomic mass is 19.4. The zero-order valence-electron chi connectivity index (χ0n) is 23.3. The fraction of sp³-hybridized carbons (Fsp3) is 0.448. The number of ether oxygens (including phenoxy) is 2. The number of hydrogen-bond donors (Lipinski definition) is 2. The fourth-order valence-electron chi connectivity index (χ4n) is 5.70. The Morgan fingerprint density at radius 1 is 1.07 bits per heavy atom. The molecule has 2 aromatic carbocycles. The van der Waals surface area contributed by atoms with E-state index in [0.29, 0.717) is 12.2 Å². The smallest absolute Gasteiger partial charge is 0.490 e. The summed E-state index contributed by atoms with van der Waals surface area (Å²) in [6.45, 7) is 6.03. The van der Waals surface area contributed by atoms with Gasteiger partial charge in [-0.1, -0.05) is 56.3 Å². The van der Waals surface area contributed by atoms with Gasteiger partial charge in [0.05, 0.1) is 26.1 Å². The highest BCUT2D eigenvalue weighted by Crippen LogP contribution is 2.51. The average molecular weight is 579 g/mol. The van der Waals surface area contributed by atoms with Crippen LogP contribution in [-0.4, -0.2) is 66.2 Å². The molecule has 2 N–H and O–H groups in total. The largest absolute Gasteiger partial charge is 0.496 e. The first-order valence-electron chi connectivity index (χ1n) is 13.0. The van der Waals surface area contributed by atoms with Gasteiger partial charge in [-0.05, 0) is 36.5 Å². The number of carbonyl (C=O) groups is 4. The van der Waals surface area contributed by atoms with Crippen molar-refractivity contribution in [2.24, 2.45) is 17.8 Å². The van der Waals surface area contributed by atoms with Crippen LogP contribution in [0.5, 0.6) is 5.75 Å². The molecule has 0 aliphatic carbocycles. The predicted molar refractivity (Wildman–Crippen MR) is 142 cm³/mol. The van der Waals surface area contributed by atoms with Gasteiger partial charge < -0.3 is 14.6 Å². The summed E-state index contributed by atoms with van der Waals surface area (Å²) in [7, 11) is 2.93. The zero-order chi connectivity index (χ0) is 30.7. The van der Waals surface area contributed by atoms with Crippen LogP contribution >= 0.6 is 0 Å². The molecule has 222 valence electrons. The number of likely N-dealkylation sites (tertiary alicyclic amines) is 1. The lowest BCUT2D eigenvalue weighted by molar-refractivity contribution is -0.192. The van der Waals surface area contributed by atoms with Gasteiger partial charge >= 0.3 is 18.1 Å². The Labute approximate surface area is 235 Å². The molecule has 2 fully saturated rings. The zero-order valence-corrected chi connectivity index (χ0v) is 23.3. The summed E-state index contributed by atoms with van der Waals surface area (Å²) in [6, 6.07) is 15.1. The van der Waals surface area contributed by atoms with Crippen LogP contribution in [0.3, 0.4) is 0 Å². The molecule has 0 spiro atoms. The maximum Gasteiger partial charge on any atom is 0.490 e. The number of esters is 1. The molecule has 0 saturated carbocycles. The molecule has 2 heterocycles. The third kappa shape index (κ3) is 6.07. The minimum absolute atomic E-state index is 0.0968. The van der Waals surface area contributed by atoms with Gasteiger partial charge in [0, 0.05) is 18.2 Å². The molecule has 12 heteroatoms. The van der Waals surface area contributed by atoms with Crippen molar-refractivity contribution < 1.29 is 46.9 Å². The molecule has 9 nitrogen and oxygen atoms in total. The third-order valence-electron chi connectivity index (χ3n) is 7.25. The maximum absolute atomic E-state index is 13.4. The van der Waals surface area contributed by atoms with Crippen molar-refractivity contribution in [3.8, 4) is 16.9 Å². The van der Waals surface area contributed by atoms with E-state index in [-0.39, 0.29) is 24.3 Å². The van der Waals surface area contributed by atoms with Gasteiger partial charge in [-0.3, -0.25) is 24.6 Å². The number of carboxylic acids is 1. The van der Waals surface area contributed by atoms with E-state index in [1.165, 1.54) is 12.0 Å². The number of carbonyl (C=O) groups excluding carboxylic acids is 3. The monoisotopic (exact) mass is 578 g/mol. The van der Waals surface area contributed by atoms with Gasteiger partial charge in [-0.15, -0.1) is 0 Å². The second-order valence-electron chi connectivity index (χ2n) is 10.2. The van der Waals surface area contributed by atoms with Crippen LogP contribution in [0.1, 0.15) is 38.8 Å². The molecule has 2 aliphatic rings. The van der Waals surface area contributed by atoms with Crippen molar-refractivity contribution in [1.29, 1.82) is 0 Å². The lowest BCUT2D eigenvalue weighted by Crippen LogP contribution is -2.57. The Morgan fingerprint density at radius 3 is 2.17 bits per heavy atom. The van der Waals surface area contributed by atoms with Crippen molar-refractivity contribution in [2.45, 2.75) is 44.9 Å². The van der Waals surface area contributed by atoms with Gasteiger partial charge in [0.15, 0.2) is 0 Å². The predicted octanol–water partition coefficient (Wildman–Crippen LogP) is 4.22. The number of halogens is 3. The van der Waals surface area contributed by atoms with Gasteiger partial charge in [-0.2, -0.15) is 13.2 Å². The van der Waals surface area contributed by atoms with Crippen molar-refractivity contribution in [2.75, 3.05) is 20.8 Å². The number of rotatable bonds is 7. The number of nitrogens with one attached hydrogen (secondary N) is 1. The van der Waals surface area contributed by atoms with E-state index >= 15 is 0 Å². The van der Waals surface area contributed by atoms with Crippen molar-refractivity contribution in [3.05, 3.63) is 54.1 Å². The second kappa shape index (κ2) is 12.3. The Bertz CT molecular complexity index is 1300. The standard InChI is InChI=1S/C27H32N2O5.C2HF3O2/c1-6-29-24(30)21-22(25(29)31)27(15-16(2)3,26(32)34-5)28-23(21)18-12-13-19(20(14-18)33-4)17-10-8-7-9-11-17;3-2(4,5)1(6)7/h7-14,16,21-23,28H,6,15H2,1-5H3;(H,6,7)/t21-,22-,23-,27-;/m1./s1. The van der Waals surface area contributed by atoms with Gasteiger partial charge in [-0.25, -0.2) is 4.79 Å². The van der Waals surface area contributed by atoms with E-state index < -0.39 is 41.5 Å². The summed E-state index contributed by atoms with van der Waals surface area (Å²) in [6.07, 6.45) is -4.70. The van der Waals surface area contributed by atoms with E-state index in [1.807, 2.05) is 62.4 Å². The third-order valence-corrected chi connectivity index (χ3v) is 7.25. The lowest BCUT2D eigenvalue weighted by atomic mass is 9.75. The van der Waals surface area contributed by atoms with Crippen LogP contribution in [0.4, 0.5) is 13.2 Å². The van der Waals surface area contributed by atoms with E-state index in [0.717, 1.165) is 16.7 Å². The van der Waals surface area contributed by atoms with E-state index in [1.54, 1.807) is 14.0 Å². The van der Waals surface area contributed by atoms with E-state index in [4.69, 9.17) is 19.4 Å². The van der Waals surface area contributed by atoms with Crippen LogP contribution in [-0.2, 0) is 23.9 Å². The first kappa shape index (κ1) is 31.6. The average Bonchev–Trinajstić information content (AvgIpc) is 3.40. The summed E-state index contributed by atoms with van der Waals surface area (Å²) in [4.78, 5) is 50.2. The van der Waals surface area contributed by atoms with E-state index in [9.17, 15) is 27.6 Å². The molecule has 0 bridgehead atoms. The number of hydrogen-bond acceptors (Lipinski definition) is 7. The number of imide groups is 1. The molecule has 2 aliphatic heterocycles. The SMILES string of the molecule is CCN1C(=O)[C@H]2[C@@H](c3ccc(-c4ccccc4)c(OC)c3)N[C@@](CC(C)C)(C(=O)OC)[C@H]2C1=O.O=C(O)C(F)(F)F. The minimum Gasteiger partial charge on any atom is -0.496 e. The number of carboxylic acid groups (broad SMARTS) is 1. The molecule has 0 aromatic heterocycles. The van der Waals surface area contributed by atoms with Gasteiger partial charge in [0.25, 0.3) is 0 Å². The number of nitrogens with zero attached hydrogens (tertiary/aromatic N) is 1. The van der Waals surface area contributed by atoms with Crippen LogP contribution in [0.2, 0.25) is 0 Å². The number of amides is 2. The quantitative estimate of drug-likeness (QED) is 0.370. The molecule has 2 amide bonds. The van der Waals surface area contributed by atoms with Crippen LogP contribution < -0.4 is 10.1 Å². The highest BCUT2D eigenvalue weighted by molar-refractivity contribution is 6.09. The number of benzene rings is 2. The first-order chi connectivity index (χ1) is 19.2. The molecule has 0 unspecified atom stereocenters.